The van der Waals surface area contributed by atoms with Crippen LogP contribution in [0.25, 0.3) is 5.82 Å². The topological polar surface area (TPSA) is 128 Å². The second-order valence-corrected chi connectivity index (χ2v) is 7.60. The zero-order chi connectivity index (χ0) is 25.4. The molecule has 3 aromatic rings. The van der Waals surface area contributed by atoms with E-state index >= 15 is 0 Å². The van der Waals surface area contributed by atoms with Crippen molar-refractivity contribution in [2.45, 2.75) is 45.7 Å². The molecule has 0 saturated carbocycles. The molecule has 0 saturated heterocycles. The number of carbonyl (C=O) groups is 1. The average molecular weight is 527 g/mol. The molecule has 0 bridgehead atoms. The lowest BCUT2D eigenvalue weighted by Crippen LogP contribution is -2.32. The van der Waals surface area contributed by atoms with Crippen molar-refractivity contribution in [3.8, 4) is 11.7 Å². The van der Waals surface area contributed by atoms with Crippen molar-refractivity contribution in [1.29, 1.82) is 0 Å². The number of nitrogens with one attached hydrogen (secondary N) is 1. The predicted molar refractivity (Wildman–Crippen MR) is 110 cm³/mol. The number of carbonyl (C=O) groups excluding carboxylic acids is 1. The van der Waals surface area contributed by atoms with E-state index in [0.717, 1.165) is 4.57 Å². The maximum atomic E-state index is 15.0. The van der Waals surface area contributed by atoms with E-state index in [1.54, 1.807) is 6.92 Å². The highest BCUT2D eigenvalue weighted by Crippen LogP contribution is 2.30. The van der Waals surface area contributed by atoms with E-state index in [1.807, 2.05) is 0 Å². The van der Waals surface area contributed by atoms with Gasteiger partial charge in [0.25, 0.3) is 0 Å². The zero-order valence-electron chi connectivity index (χ0n) is 17.5. The number of aromatic nitrogens is 6. The minimum Gasteiger partial charge on any atom is -0.464 e. The number of aliphatic hydroxyl groups is 1. The first-order chi connectivity index (χ1) is 15.9. The number of ketones is 1. The highest BCUT2D eigenvalue weighted by Gasteiger charge is 2.39. The number of ether oxygens (including phenoxy) is 1. The number of nitrogens with zero attached hydrogens (tertiary/aromatic N) is 5. The summed E-state index contributed by atoms with van der Waals surface area (Å²) in [6.07, 6.45) is -7.85. The summed E-state index contributed by atoms with van der Waals surface area (Å²) >= 11 is 11.7. The predicted octanol–water partition coefficient (Wildman–Crippen LogP) is 2.87. The normalized spacial score (nSPS) is 12.7. The molecule has 3 aromatic heterocycles. The van der Waals surface area contributed by atoms with Crippen LogP contribution in [0, 0.1) is 5.82 Å². The number of Topliss-reactive ketones (excluding diaryl/α,β-unsaturated/α-hetero) is 1. The van der Waals surface area contributed by atoms with E-state index in [9.17, 15) is 32.3 Å². The smallest absolute Gasteiger partial charge is 0.425 e. The first kappa shape index (κ1) is 25.6. The Bertz CT molecular complexity index is 1270. The van der Waals surface area contributed by atoms with E-state index < -0.39 is 59.9 Å². The van der Waals surface area contributed by atoms with Crippen molar-refractivity contribution in [3.63, 3.8) is 0 Å². The third-order valence-corrected chi connectivity index (χ3v) is 5.30. The lowest BCUT2D eigenvalue weighted by atomic mass is 10.1. The number of hydrogen-bond donors (Lipinski definition) is 2. The number of halogens is 6. The molecule has 0 unspecified atom stereocenters. The SMILES string of the molecule is CCn1c(CO)nn(-c2nc(O[C@@H](C)C(F)(F)F)c(C(=O)Cc3c(Cl)n[nH]c3Cl)cc2F)c1=O. The van der Waals surface area contributed by atoms with Crippen LogP contribution in [-0.4, -0.2) is 52.7 Å². The Morgan fingerprint density at radius 3 is 2.53 bits per heavy atom. The number of aliphatic hydroxyl groups excluding tert-OH is 1. The summed E-state index contributed by atoms with van der Waals surface area (Å²) in [7, 11) is 0. The van der Waals surface area contributed by atoms with Gasteiger partial charge in [-0.1, -0.05) is 23.2 Å². The van der Waals surface area contributed by atoms with Crippen LogP contribution in [0.1, 0.15) is 35.6 Å². The van der Waals surface area contributed by atoms with Crippen LogP contribution >= 0.6 is 23.2 Å². The fourth-order valence-electron chi connectivity index (χ4n) is 2.87. The highest BCUT2D eigenvalue weighted by atomic mass is 35.5. The van der Waals surface area contributed by atoms with Gasteiger partial charge in [-0.3, -0.25) is 14.5 Å². The quantitative estimate of drug-likeness (QED) is 0.341. The monoisotopic (exact) mass is 526 g/mol. The van der Waals surface area contributed by atoms with Gasteiger partial charge >= 0.3 is 11.9 Å². The molecule has 0 radical (unpaired) electrons. The van der Waals surface area contributed by atoms with Gasteiger partial charge in [0.15, 0.2) is 34.5 Å². The minimum atomic E-state index is -4.85. The third kappa shape index (κ3) is 4.93. The van der Waals surface area contributed by atoms with Crippen LogP contribution in [0.3, 0.4) is 0 Å². The summed E-state index contributed by atoms with van der Waals surface area (Å²) in [4.78, 5) is 29.1. The van der Waals surface area contributed by atoms with Crippen molar-refractivity contribution in [1.82, 2.24) is 29.5 Å². The van der Waals surface area contributed by atoms with Gasteiger partial charge in [-0.15, -0.1) is 5.10 Å². The second-order valence-electron chi connectivity index (χ2n) is 6.87. The minimum absolute atomic E-state index is 0.0260. The van der Waals surface area contributed by atoms with E-state index in [1.165, 1.54) is 0 Å². The molecular weight excluding hydrogens is 511 g/mol. The maximum absolute atomic E-state index is 15.0. The summed E-state index contributed by atoms with van der Waals surface area (Å²) in [5.74, 6) is -4.05. The van der Waals surface area contributed by atoms with Crippen LogP contribution in [0.4, 0.5) is 17.6 Å². The van der Waals surface area contributed by atoms with Crippen molar-refractivity contribution in [2.75, 3.05) is 0 Å². The van der Waals surface area contributed by atoms with Crippen molar-refractivity contribution in [3.05, 3.63) is 49.6 Å². The Morgan fingerprint density at radius 1 is 1.35 bits per heavy atom. The molecule has 16 heteroatoms. The lowest BCUT2D eigenvalue weighted by molar-refractivity contribution is -0.190. The molecule has 10 nitrogen and oxygen atoms in total. The molecule has 0 amide bonds. The van der Waals surface area contributed by atoms with E-state index in [-0.39, 0.29) is 28.2 Å². The molecule has 2 N–H and O–H groups in total. The number of pyridine rings is 1. The van der Waals surface area contributed by atoms with Gasteiger partial charge in [-0.25, -0.2) is 9.18 Å². The maximum Gasteiger partial charge on any atom is 0.425 e. The number of rotatable bonds is 8. The van der Waals surface area contributed by atoms with Gasteiger partial charge in [0, 0.05) is 18.5 Å². The lowest BCUT2D eigenvalue weighted by Gasteiger charge is -2.19. The Kier molecular flexibility index (Phi) is 7.33. The molecule has 0 aliphatic rings. The summed E-state index contributed by atoms with van der Waals surface area (Å²) in [6, 6.07) is 0.570. The van der Waals surface area contributed by atoms with Crippen LogP contribution in [0.15, 0.2) is 10.9 Å². The summed E-state index contributed by atoms with van der Waals surface area (Å²) < 4.78 is 60.7. The van der Waals surface area contributed by atoms with Crippen LogP contribution in [0.5, 0.6) is 5.88 Å². The highest BCUT2D eigenvalue weighted by molar-refractivity contribution is 6.35. The molecule has 0 fully saturated rings. The molecule has 34 heavy (non-hydrogen) atoms. The number of alkyl halides is 3. The standard InChI is InChI=1S/C18H16Cl2F4N6O4/c1-3-29-12(6-31)28-30(17(29)33)15-10(21)4-8(16(25-15)34-7(2)18(22,23)24)11(32)5-9-13(19)26-27-14(9)20/h4,7,31H,3,5-6H2,1-2H3,(H,26,27)/t7-/m0/s1. The van der Waals surface area contributed by atoms with Gasteiger partial charge in [0.05, 0.1) is 5.56 Å². The van der Waals surface area contributed by atoms with Gasteiger partial charge in [0.1, 0.15) is 11.8 Å². The summed E-state index contributed by atoms with van der Waals surface area (Å²) in [5.41, 5.74) is -1.54. The fraction of sp³-hybridized carbons (Fsp3) is 0.389. The Hall–Kier alpha value is -2.97. The van der Waals surface area contributed by atoms with E-state index in [4.69, 9.17) is 27.9 Å². The van der Waals surface area contributed by atoms with Gasteiger partial charge in [-0.2, -0.15) is 27.9 Å². The Balaban J connectivity index is 2.15. The van der Waals surface area contributed by atoms with Crippen molar-refractivity contribution >= 4 is 29.0 Å². The first-order valence-electron chi connectivity index (χ1n) is 9.54. The summed E-state index contributed by atoms with van der Waals surface area (Å²) in [5, 5.41) is 18.8. The van der Waals surface area contributed by atoms with Gasteiger partial charge in [0.2, 0.25) is 5.88 Å². The third-order valence-electron chi connectivity index (χ3n) is 4.67. The summed E-state index contributed by atoms with van der Waals surface area (Å²) in [6.45, 7) is 1.61. The molecule has 0 spiro atoms. The number of aromatic amines is 1. The first-order valence-corrected chi connectivity index (χ1v) is 10.3. The molecule has 1 atom stereocenters. The fourth-order valence-corrected chi connectivity index (χ4v) is 3.33. The van der Waals surface area contributed by atoms with Gasteiger partial charge in [-0.05, 0) is 19.9 Å². The molecule has 0 aromatic carbocycles. The zero-order valence-corrected chi connectivity index (χ0v) is 19.0. The van der Waals surface area contributed by atoms with Crippen LogP contribution in [0.2, 0.25) is 10.3 Å². The number of hydrogen-bond acceptors (Lipinski definition) is 7. The molecule has 0 aliphatic carbocycles. The van der Waals surface area contributed by atoms with Crippen LogP contribution < -0.4 is 10.4 Å². The molecule has 0 aliphatic heterocycles. The molecule has 3 rings (SSSR count). The second kappa shape index (κ2) is 9.72. The van der Waals surface area contributed by atoms with E-state index in [2.05, 4.69) is 20.3 Å². The van der Waals surface area contributed by atoms with Crippen LogP contribution in [-0.2, 0) is 19.6 Å². The van der Waals surface area contributed by atoms with Crippen molar-refractivity contribution in [2.24, 2.45) is 0 Å². The Labute approximate surface area is 198 Å². The van der Waals surface area contributed by atoms with Crippen molar-refractivity contribution < 1.29 is 32.2 Å². The number of H-pyrrole nitrogens is 1. The molecular formula is C18H16Cl2F4N6O4. The van der Waals surface area contributed by atoms with E-state index in [0.29, 0.717) is 17.7 Å². The largest absolute Gasteiger partial charge is 0.464 e. The average Bonchev–Trinajstić information content (AvgIpc) is 3.26. The van der Waals surface area contributed by atoms with Gasteiger partial charge < -0.3 is 9.84 Å². The Morgan fingerprint density at radius 2 is 2.03 bits per heavy atom. The molecule has 184 valence electrons. The molecule has 3 heterocycles.